The summed E-state index contributed by atoms with van der Waals surface area (Å²) in [6, 6.07) is 15.0. The third kappa shape index (κ3) is 5.10. The van der Waals surface area contributed by atoms with Crippen LogP contribution in [0.2, 0.25) is 0 Å². The van der Waals surface area contributed by atoms with Crippen LogP contribution >= 0.6 is 44.1 Å². The van der Waals surface area contributed by atoms with Gasteiger partial charge in [0.15, 0.2) is 10.7 Å². The van der Waals surface area contributed by atoms with Gasteiger partial charge in [-0.2, -0.15) is 0 Å². The summed E-state index contributed by atoms with van der Waals surface area (Å²) in [5.74, 6) is 0.570. The molecular weight excluding hydrogens is 570 g/mol. The van der Waals surface area contributed by atoms with Crippen molar-refractivity contribution >= 4 is 71.9 Å². The molecular formula is C24H19Br2N3O3S. The van der Waals surface area contributed by atoms with Crippen molar-refractivity contribution in [3.05, 3.63) is 74.2 Å². The van der Waals surface area contributed by atoms with Crippen molar-refractivity contribution in [2.75, 3.05) is 12.4 Å². The van der Waals surface area contributed by atoms with Crippen molar-refractivity contribution in [1.29, 1.82) is 0 Å². The molecule has 4 aromatic rings. The van der Waals surface area contributed by atoms with Crippen LogP contribution in [0.5, 0.6) is 5.75 Å². The molecule has 2 N–H and O–H groups in total. The molecule has 1 heterocycles. The second-order valence-electron chi connectivity index (χ2n) is 7.38. The van der Waals surface area contributed by atoms with Crippen molar-refractivity contribution in [1.82, 2.24) is 10.3 Å². The van der Waals surface area contributed by atoms with Crippen LogP contribution in [-0.2, 0) is 0 Å². The number of fused-ring (bicyclic) bond motifs is 1. The number of nitrogens with one attached hydrogen (secondary N) is 2. The molecule has 1 amide bonds. The Morgan fingerprint density at radius 2 is 1.85 bits per heavy atom. The minimum Gasteiger partial charge on any atom is -0.495 e. The summed E-state index contributed by atoms with van der Waals surface area (Å²) in [4.78, 5) is 17.4. The van der Waals surface area contributed by atoms with E-state index in [1.54, 1.807) is 12.1 Å². The van der Waals surface area contributed by atoms with Gasteiger partial charge in [0.2, 0.25) is 5.89 Å². The Morgan fingerprint density at radius 3 is 2.58 bits per heavy atom. The number of aromatic nitrogens is 1. The van der Waals surface area contributed by atoms with Gasteiger partial charge in [0.1, 0.15) is 11.3 Å². The Hall–Kier alpha value is -2.75. The number of benzene rings is 3. The molecule has 0 fully saturated rings. The smallest absolute Gasteiger partial charge is 0.261 e. The number of hydrogen-bond acceptors (Lipinski definition) is 5. The van der Waals surface area contributed by atoms with Gasteiger partial charge in [-0.25, -0.2) is 4.98 Å². The molecule has 0 aliphatic heterocycles. The summed E-state index contributed by atoms with van der Waals surface area (Å²) < 4.78 is 12.6. The van der Waals surface area contributed by atoms with E-state index in [0.29, 0.717) is 38.5 Å². The summed E-state index contributed by atoms with van der Waals surface area (Å²) in [7, 11) is 1.50. The fourth-order valence-corrected chi connectivity index (χ4v) is 4.87. The molecule has 0 radical (unpaired) electrons. The van der Waals surface area contributed by atoms with Crippen LogP contribution in [0.25, 0.3) is 22.6 Å². The van der Waals surface area contributed by atoms with E-state index < -0.39 is 5.91 Å². The molecule has 0 saturated heterocycles. The standard InChI is InChI=1S/C24H19Br2N3O3S/c1-12-4-5-14(8-13(12)2)23-28-19-11-16(6-7-20(19)32-23)27-24(33)29-22(30)17-9-15(25)10-18(26)21(17)31-3/h4-11H,1-3H3,(H2,27,29,30,33). The molecule has 0 atom stereocenters. The first kappa shape index (κ1) is 23.4. The number of anilines is 1. The summed E-state index contributed by atoms with van der Waals surface area (Å²) in [6.07, 6.45) is 0. The van der Waals surface area contributed by atoms with Crippen molar-refractivity contribution in [3.8, 4) is 17.2 Å². The fraction of sp³-hybridized carbons (Fsp3) is 0.125. The van der Waals surface area contributed by atoms with Gasteiger partial charge in [-0.15, -0.1) is 0 Å². The summed E-state index contributed by atoms with van der Waals surface area (Å²) in [5, 5.41) is 5.85. The molecule has 1 aromatic heterocycles. The maximum atomic E-state index is 12.8. The molecule has 0 aliphatic carbocycles. The van der Waals surface area contributed by atoms with Crippen LogP contribution < -0.4 is 15.4 Å². The van der Waals surface area contributed by atoms with Crippen LogP contribution in [0.15, 0.2) is 61.9 Å². The SMILES string of the molecule is COc1c(Br)cc(Br)cc1C(=O)NC(=S)Nc1ccc2oc(-c3ccc(C)c(C)c3)nc2c1. The molecule has 0 unspecified atom stereocenters. The average Bonchev–Trinajstić information content (AvgIpc) is 3.18. The Kier molecular flexibility index (Phi) is 6.83. The van der Waals surface area contributed by atoms with Gasteiger partial charge in [0.25, 0.3) is 5.91 Å². The van der Waals surface area contributed by atoms with Crippen LogP contribution in [-0.4, -0.2) is 23.1 Å². The van der Waals surface area contributed by atoms with Gasteiger partial charge in [0, 0.05) is 15.7 Å². The second-order valence-corrected chi connectivity index (χ2v) is 9.56. The van der Waals surface area contributed by atoms with Gasteiger partial charge < -0.3 is 14.5 Å². The third-order valence-electron chi connectivity index (χ3n) is 5.08. The summed E-state index contributed by atoms with van der Waals surface area (Å²) in [5.41, 5.74) is 5.66. The average molecular weight is 589 g/mol. The Balaban J connectivity index is 1.51. The highest BCUT2D eigenvalue weighted by molar-refractivity contribution is 9.11. The maximum absolute atomic E-state index is 12.8. The monoisotopic (exact) mass is 587 g/mol. The van der Waals surface area contributed by atoms with E-state index in [1.807, 2.05) is 30.3 Å². The lowest BCUT2D eigenvalue weighted by atomic mass is 10.1. The van der Waals surface area contributed by atoms with Crippen LogP contribution in [0.4, 0.5) is 5.69 Å². The number of hydrogen-bond donors (Lipinski definition) is 2. The molecule has 0 bridgehead atoms. The number of carbonyl (C=O) groups is 1. The predicted molar refractivity (Wildman–Crippen MR) is 141 cm³/mol. The molecule has 6 nitrogen and oxygen atoms in total. The number of aryl methyl sites for hydroxylation is 2. The van der Waals surface area contributed by atoms with Crippen molar-refractivity contribution in [2.45, 2.75) is 13.8 Å². The lowest BCUT2D eigenvalue weighted by molar-refractivity contribution is 0.0974. The Morgan fingerprint density at radius 1 is 1.06 bits per heavy atom. The Labute approximate surface area is 213 Å². The molecule has 3 aromatic carbocycles. The number of methoxy groups -OCH3 is 1. The van der Waals surface area contributed by atoms with Gasteiger partial charge in [-0.1, -0.05) is 22.0 Å². The van der Waals surface area contributed by atoms with Crippen LogP contribution in [0.1, 0.15) is 21.5 Å². The third-order valence-corrected chi connectivity index (χ3v) is 6.33. The van der Waals surface area contributed by atoms with Gasteiger partial charge in [-0.3, -0.25) is 10.1 Å². The lowest BCUT2D eigenvalue weighted by Gasteiger charge is -2.13. The zero-order valence-electron chi connectivity index (χ0n) is 18.0. The fourth-order valence-electron chi connectivity index (χ4n) is 3.27. The largest absolute Gasteiger partial charge is 0.495 e. The number of nitrogens with zero attached hydrogens (tertiary/aromatic N) is 1. The van der Waals surface area contributed by atoms with Gasteiger partial charge >= 0.3 is 0 Å². The minimum absolute atomic E-state index is 0.148. The maximum Gasteiger partial charge on any atom is 0.261 e. The first-order valence-corrected chi connectivity index (χ1v) is 11.9. The van der Waals surface area contributed by atoms with Gasteiger partial charge in [0.05, 0.1) is 17.1 Å². The van der Waals surface area contributed by atoms with E-state index >= 15 is 0 Å². The van der Waals surface area contributed by atoms with Crippen molar-refractivity contribution < 1.29 is 13.9 Å². The second kappa shape index (κ2) is 9.62. The zero-order valence-corrected chi connectivity index (χ0v) is 21.9. The zero-order chi connectivity index (χ0) is 23.7. The van der Waals surface area contributed by atoms with Gasteiger partial charge in [-0.05, 0) is 95.6 Å². The molecule has 0 aliphatic rings. The Bertz CT molecular complexity index is 1400. The molecule has 168 valence electrons. The number of rotatable bonds is 4. The topological polar surface area (TPSA) is 76.4 Å². The van der Waals surface area contributed by atoms with E-state index in [2.05, 4.69) is 67.4 Å². The van der Waals surface area contributed by atoms with E-state index in [1.165, 1.54) is 18.2 Å². The number of amides is 1. The minimum atomic E-state index is -0.397. The highest BCUT2D eigenvalue weighted by atomic mass is 79.9. The molecule has 0 saturated carbocycles. The van der Waals surface area contributed by atoms with E-state index in [-0.39, 0.29) is 5.11 Å². The molecule has 4 rings (SSSR count). The predicted octanol–water partition coefficient (Wildman–Crippen LogP) is 6.77. The summed E-state index contributed by atoms with van der Waals surface area (Å²) >= 11 is 12.1. The highest BCUT2D eigenvalue weighted by Crippen LogP contribution is 2.33. The highest BCUT2D eigenvalue weighted by Gasteiger charge is 2.18. The lowest BCUT2D eigenvalue weighted by Crippen LogP contribution is -2.34. The summed E-state index contributed by atoms with van der Waals surface area (Å²) in [6.45, 7) is 4.12. The van der Waals surface area contributed by atoms with Crippen LogP contribution in [0, 0.1) is 13.8 Å². The van der Waals surface area contributed by atoms with E-state index in [9.17, 15) is 4.79 Å². The first-order chi connectivity index (χ1) is 15.7. The normalized spacial score (nSPS) is 10.8. The van der Waals surface area contributed by atoms with E-state index in [4.69, 9.17) is 21.4 Å². The number of thiocarbonyl (C=S) groups is 1. The van der Waals surface area contributed by atoms with Crippen molar-refractivity contribution in [2.24, 2.45) is 0 Å². The number of ether oxygens (including phenoxy) is 1. The molecule has 9 heteroatoms. The van der Waals surface area contributed by atoms with Crippen molar-refractivity contribution in [3.63, 3.8) is 0 Å². The number of oxazole rings is 1. The van der Waals surface area contributed by atoms with Crippen LogP contribution in [0.3, 0.4) is 0 Å². The first-order valence-electron chi connectivity index (χ1n) is 9.88. The molecule has 33 heavy (non-hydrogen) atoms. The van der Waals surface area contributed by atoms with E-state index in [0.717, 1.165) is 10.0 Å². The number of halogens is 2. The quantitative estimate of drug-likeness (QED) is 0.256. The number of carbonyl (C=O) groups excluding carboxylic acids is 1. The molecule has 0 spiro atoms.